The SMILES string of the molecule is Cc1cccc(Cl)c1-c1noc(C(C)(C)O)c1COc1ccc2c(n1)CCc1ccc(C(=O)O)cc1O2. The smallest absolute Gasteiger partial charge is 0.335 e. The van der Waals surface area contributed by atoms with Crippen LogP contribution in [0.4, 0.5) is 0 Å². The standard InChI is InChI=1S/C28H25ClN2O6/c1-15-5-4-6-19(29)24(15)25-18(26(37-31-25)28(2,3)34)14-35-23-12-11-21-20(30-23)10-9-16-7-8-17(27(32)33)13-22(16)36-21/h4-8,11-13,34H,9-10,14H2,1-3H3,(H,32,33). The number of pyridine rings is 1. The lowest BCUT2D eigenvalue weighted by Gasteiger charge is -2.16. The number of ether oxygens (including phenoxy) is 2. The van der Waals surface area contributed by atoms with Crippen molar-refractivity contribution in [1.29, 1.82) is 0 Å². The van der Waals surface area contributed by atoms with E-state index >= 15 is 0 Å². The summed E-state index contributed by atoms with van der Waals surface area (Å²) in [5, 5.41) is 24.7. The highest BCUT2D eigenvalue weighted by Crippen LogP contribution is 2.38. The van der Waals surface area contributed by atoms with Gasteiger partial charge in [0.1, 0.15) is 29.4 Å². The van der Waals surface area contributed by atoms with Crippen molar-refractivity contribution < 1.29 is 29.0 Å². The van der Waals surface area contributed by atoms with Crippen molar-refractivity contribution in [3.05, 3.63) is 87.3 Å². The van der Waals surface area contributed by atoms with Crippen LogP contribution in [0.25, 0.3) is 11.3 Å². The quantitative estimate of drug-likeness (QED) is 0.313. The molecule has 0 saturated heterocycles. The Morgan fingerprint density at radius 3 is 2.68 bits per heavy atom. The van der Waals surface area contributed by atoms with Crippen LogP contribution in [0.5, 0.6) is 17.4 Å². The summed E-state index contributed by atoms with van der Waals surface area (Å²) in [6.07, 6.45) is 1.24. The number of carboxylic acids is 1. The molecule has 0 saturated carbocycles. The van der Waals surface area contributed by atoms with E-state index < -0.39 is 11.6 Å². The first-order valence-electron chi connectivity index (χ1n) is 11.8. The van der Waals surface area contributed by atoms with Gasteiger partial charge in [0.2, 0.25) is 5.88 Å². The Labute approximate surface area is 218 Å². The summed E-state index contributed by atoms with van der Waals surface area (Å²) >= 11 is 6.49. The van der Waals surface area contributed by atoms with E-state index in [1.54, 1.807) is 44.2 Å². The third kappa shape index (κ3) is 4.90. The zero-order valence-corrected chi connectivity index (χ0v) is 21.3. The largest absolute Gasteiger partial charge is 0.478 e. The van der Waals surface area contributed by atoms with Crippen LogP contribution in [0.1, 0.15) is 52.3 Å². The maximum absolute atomic E-state index is 11.4. The Bertz CT molecular complexity index is 1490. The van der Waals surface area contributed by atoms with Crippen LogP contribution in [0.2, 0.25) is 5.02 Å². The fraction of sp³-hybridized carbons (Fsp3) is 0.250. The monoisotopic (exact) mass is 520 g/mol. The first-order chi connectivity index (χ1) is 17.6. The van der Waals surface area contributed by atoms with E-state index in [2.05, 4.69) is 10.1 Å². The molecule has 1 aliphatic rings. The van der Waals surface area contributed by atoms with Gasteiger partial charge in [-0.1, -0.05) is 35.0 Å². The van der Waals surface area contributed by atoms with Crippen molar-refractivity contribution >= 4 is 17.6 Å². The highest BCUT2D eigenvalue weighted by Gasteiger charge is 2.31. The lowest BCUT2D eigenvalue weighted by molar-refractivity contribution is 0.0451. The minimum Gasteiger partial charge on any atom is -0.478 e. The van der Waals surface area contributed by atoms with Gasteiger partial charge >= 0.3 is 5.97 Å². The van der Waals surface area contributed by atoms with Gasteiger partial charge in [0.15, 0.2) is 5.76 Å². The number of hydrogen-bond acceptors (Lipinski definition) is 7. The Balaban J connectivity index is 1.44. The zero-order chi connectivity index (χ0) is 26.3. The molecule has 5 rings (SSSR count). The number of benzene rings is 2. The van der Waals surface area contributed by atoms with E-state index in [0.29, 0.717) is 57.8 Å². The molecular formula is C28H25ClN2O6. The van der Waals surface area contributed by atoms with Crippen LogP contribution in [0.3, 0.4) is 0 Å². The summed E-state index contributed by atoms with van der Waals surface area (Å²) < 4.78 is 17.6. The molecule has 3 heterocycles. The normalized spacial score (nSPS) is 12.8. The summed E-state index contributed by atoms with van der Waals surface area (Å²) in [6, 6.07) is 13.9. The average molecular weight is 521 g/mol. The van der Waals surface area contributed by atoms with E-state index in [4.69, 9.17) is 25.6 Å². The molecule has 9 heteroatoms. The summed E-state index contributed by atoms with van der Waals surface area (Å²) in [7, 11) is 0. The first kappa shape index (κ1) is 24.8. The van der Waals surface area contributed by atoms with Gasteiger partial charge < -0.3 is 24.2 Å². The second kappa shape index (κ2) is 9.53. The molecule has 2 aromatic carbocycles. The molecule has 2 aromatic heterocycles. The highest BCUT2D eigenvalue weighted by molar-refractivity contribution is 6.33. The molecule has 0 unspecified atom stereocenters. The molecule has 4 aromatic rings. The van der Waals surface area contributed by atoms with Gasteiger partial charge in [-0.05, 0) is 69.0 Å². The van der Waals surface area contributed by atoms with Crippen LogP contribution < -0.4 is 9.47 Å². The van der Waals surface area contributed by atoms with Crippen LogP contribution >= 0.6 is 11.6 Å². The number of aromatic nitrogens is 2. The molecule has 0 atom stereocenters. The highest BCUT2D eigenvalue weighted by atomic mass is 35.5. The van der Waals surface area contributed by atoms with Gasteiger partial charge in [-0.15, -0.1) is 0 Å². The number of aryl methyl sites for hydroxylation is 3. The number of aromatic carboxylic acids is 1. The first-order valence-corrected chi connectivity index (χ1v) is 12.1. The van der Waals surface area contributed by atoms with E-state index in [0.717, 1.165) is 11.1 Å². The number of fused-ring (bicyclic) bond motifs is 2. The maximum Gasteiger partial charge on any atom is 0.335 e. The Morgan fingerprint density at radius 1 is 1.14 bits per heavy atom. The number of halogens is 1. The molecule has 0 fully saturated rings. The summed E-state index contributed by atoms with van der Waals surface area (Å²) in [4.78, 5) is 16.0. The minimum atomic E-state index is -1.30. The summed E-state index contributed by atoms with van der Waals surface area (Å²) in [6.45, 7) is 5.20. The molecule has 1 aliphatic heterocycles. The topological polar surface area (TPSA) is 115 Å². The number of nitrogens with zero attached hydrogens (tertiary/aromatic N) is 2. The molecule has 0 amide bonds. The Kier molecular flexibility index (Phi) is 6.39. The van der Waals surface area contributed by atoms with Gasteiger partial charge in [-0.25, -0.2) is 9.78 Å². The number of carboxylic acid groups (broad SMARTS) is 1. The third-order valence-electron chi connectivity index (χ3n) is 6.24. The predicted octanol–water partition coefficient (Wildman–Crippen LogP) is 6.09. The second-order valence-electron chi connectivity index (χ2n) is 9.44. The van der Waals surface area contributed by atoms with Crippen LogP contribution in [-0.4, -0.2) is 26.3 Å². The predicted molar refractivity (Wildman–Crippen MR) is 136 cm³/mol. The molecule has 8 nitrogen and oxygen atoms in total. The minimum absolute atomic E-state index is 0.0393. The van der Waals surface area contributed by atoms with E-state index in [1.165, 1.54) is 6.07 Å². The summed E-state index contributed by atoms with van der Waals surface area (Å²) in [5.41, 5.74) is 3.17. The Morgan fingerprint density at radius 2 is 1.95 bits per heavy atom. The Hall–Kier alpha value is -3.88. The van der Waals surface area contributed by atoms with Crippen LogP contribution in [0.15, 0.2) is 53.1 Å². The van der Waals surface area contributed by atoms with Crippen molar-refractivity contribution in [2.24, 2.45) is 0 Å². The van der Waals surface area contributed by atoms with Gasteiger partial charge in [-0.3, -0.25) is 0 Å². The number of aliphatic hydroxyl groups is 1. The number of rotatable bonds is 6. The fourth-order valence-electron chi connectivity index (χ4n) is 4.38. The van der Waals surface area contributed by atoms with Gasteiger partial charge in [-0.2, -0.15) is 0 Å². The van der Waals surface area contributed by atoms with Crippen molar-refractivity contribution in [2.75, 3.05) is 0 Å². The van der Waals surface area contributed by atoms with Crippen molar-refractivity contribution in [1.82, 2.24) is 10.1 Å². The van der Waals surface area contributed by atoms with Crippen LogP contribution in [0, 0.1) is 6.92 Å². The molecule has 0 bridgehead atoms. The third-order valence-corrected chi connectivity index (χ3v) is 6.55. The van der Waals surface area contributed by atoms with Crippen LogP contribution in [-0.2, 0) is 25.0 Å². The van der Waals surface area contributed by atoms with Gasteiger partial charge in [0.25, 0.3) is 0 Å². The van der Waals surface area contributed by atoms with E-state index in [1.807, 2.05) is 19.1 Å². The molecular weight excluding hydrogens is 496 g/mol. The average Bonchev–Trinajstić information content (AvgIpc) is 3.17. The van der Waals surface area contributed by atoms with Gasteiger partial charge in [0.05, 0.1) is 21.8 Å². The molecule has 2 N–H and O–H groups in total. The lowest BCUT2D eigenvalue weighted by atomic mass is 9.96. The number of carbonyl (C=O) groups is 1. The molecule has 190 valence electrons. The number of hydrogen-bond donors (Lipinski definition) is 2. The van der Waals surface area contributed by atoms with E-state index in [9.17, 15) is 15.0 Å². The second-order valence-corrected chi connectivity index (χ2v) is 9.85. The summed E-state index contributed by atoms with van der Waals surface area (Å²) in [5.74, 6) is 0.688. The van der Waals surface area contributed by atoms with Gasteiger partial charge in [0, 0.05) is 11.6 Å². The van der Waals surface area contributed by atoms with Crippen molar-refractivity contribution in [3.63, 3.8) is 0 Å². The molecule has 0 spiro atoms. The molecule has 37 heavy (non-hydrogen) atoms. The fourth-order valence-corrected chi connectivity index (χ4v) is 4.69. The van der Waals surface area contributed by atoms with Crippen molar-refractivity contribution in [3.8, 4) is 28.6 Å². The molecule has 0 radical (unpaired) electrons. The lowest BCUT2D eigenvalue weighted by Crippen LogP contribution is -2.17. The zero-order valence-electron chi connectivity index (χ0n) is 20.5. The molecule has 0 aliphatic carbocycles. The van der Waals surface area contributed by atoms with Crippen molar-refractivity contribution in [2.45, 2.75) is 45.8 Å². The van der Waals surface area contributed by atoms with E-state index in [-0.39, 0.29) is 17.9 Å². The maximum atomic E-state index is 11.4.